The third-order valence-corrected chi connectivity index (χ3v) is 5.12. The van der Waals surface area contributed by atoms with Crippen LogP contribution in [-0.4, -0.2) is 5.78 Å². The van der Waals surface area contributed by atoms with E-state index in [2.05, 4.69) is 27.4 Å². The first-order valence-electron chi connectivity index (χ1n) is 6.15. The Kier molecular flexibility index (Phi) is 2.52. The highest BCUT2D eigenvalue weighted by Crippen LogP contribution is 2.55. The Morgan fingerprint density at radius 1 is 1.47 bits per heavy atom. The Labute approximate surface area is 92.9 Å². The molecule has 0 radical (unpaired) electrons. The molecule has 2 saturated carbocycles. The van der Waals surface area contributed by atoms with E-state index in [4.69, 9.17) is 0 Å². The summed E-state index contributed by atoms with van der Waals surface area (Å²) < 4.78 is 0. The molecule has 1 nitrogen and oxygen atoms in total. The number of ketones is 1. The summed E-state index contributed by atoms with van der Waals surface area (Å²) in [5.41, 5.74) is 1.19. The summed E-state index contributed by atoms with van der Waals surface area (Å²) >= 11 is 0. The summed E-state index contributed by atoms with van der Waals surface area (Å²) in [4.78, 5) is 12.3. The van der Waals surface area contributed by atoms with Crippen LogP contribution >= 0.6 is 0 Å². The number of Topliss-reactive ketones (excluding diaryl/α,β-unsaturated/α-hetero) is 1. The monoisotopic (exact) mass is 206 g/mol. The maximum absolute atomic E-state index is 12.3. The Hall–Kier alpha value is -0.590. The number of fused-ring (bicyclic) bond motifs is 1. The van der Waals surface area contributed by atoms with Crippen LogP contribution in [0.25, 0.3) is 0 Å². The zero-order valence-electron chi connectivity index (χ0n) is 10.2. The predicted octanol–water partition coefficient (Wildman–Crippen LogP) is 3.59. The van der Waals surface area contributed by atoms with Gasteiger partial charge in [0.15, 0.2) is 0 Å². The molecule has 84 valence electrons. The largest absolute Gasteiger partial charge is 0.299 e. The van der Waals surface area contributed by atoms with Gasteiger partial charge in [0.25, 0.3) is 0 Å². The number of hydrogen-bond donors (Lipinski definition) is 0. The van der Waals surface area contributed by atoms with E-state index >= 15 is 0 Å². The molecule has 0 amide bonds. The van der Waals surface area contributed by atoms with Crippen LogP contribution in [0.5, 0.6) is 0 Å². The third kappa shape index (κ3) is 1.47. The zero-order valence-corrected chi connectivity index (χ0v) is 10.2. The van der Waals surface area contributed by atoms with Crippen LogP contribution in [0.15, 0.2) is 12.2 Å². The Balaban J connectivity index is 2.24. The molecule has 4 atom stereocenters. The normalized spacial score (nSPS) is 45.3. The van der Waals surface area contributed by atoms with E-state index in [-0.39, 0.29) is 5.41 Å². The minimum absolute atomic E-state index is 0.00799. The molecule has 15 heavy (non-hydrogen) atoms. The molecule has 2 rings (SSSR count). The average molecular weight is 206 g/mol. The number of carbonyl (C=O) groups excluding carboxylic acids is 1. The van der Waals surface area contributed by atoms with E-state index in [1.54, 1.807) is 0 Å². The van der Waals surface area contributed by atoms with E-state index in [0.717, 1.165) is 6.42 Å². The van der Waals surface area contributed by atoms with Crippen molar-refractivity contribution in [1.82, 2.24) is 0 Å². The van der Waals surface area contributed by atoms with Crippen molar-refractivity contribution in [2.75, 3.05) is 0 Å². The van der Waals surface area contributed by atoms with Gasteiger partial charge in [0.1, 0.15) is 5.78 Å². The van der Waals surface area contributed by atoms with Crippen molar-refractivity contribution in [3.63, 3.8) is 0 Å². The molecule has 2 aliphatic carbocycles. The molecule has 2 fully saturated rings. The van der Waals surface area contributed by atoms with E-state index in [0.29, 0.717) is 23.5 Å². The predicted molar refractivity (Wildman–Crippen MR) is 62.5 cm³/mol. The fourth-order valence-electron chi connectivity index (χ4n) is 3.56. The number of allylic oxidation sites excluding steroid dienone is 1. The molecular weight excluding hydrogens is 184 g/mol. The standard InChI is InChI=1S/C14H22O/c1-9(2)11-7-12-6-5-10(3)14(12,4)13(15)8-11/h10-12H,1,5-8H2,2-4H3/t10?,11-,12?,14-/m1/s1. The molecule has 0 aromatic carbocycles. The number of hydrogen-bond acceptors (Lipinski definition) is 1. The highest BCUT2D eigenvalue weighted by molar-refractivity contribution is 5.86. The lowest BCUT2D eigenvalue weighted by molar-refractivity contribution is -0.136. The molecule has 1 heteroatoms. The van der Waals surface area contributed by atoms with Crippen molar-refractivity contribution in [3.8, 4) is 0 Å². The van der Waals surface area contributed by atoms with Gasteiger partial charge in [0, 0.05) is 11.8 Å². The van der Waals surface area contributed by atoms with Gasteiger partial charge in [-0.15, -0.1) is 0 Å². The quantitative estimate of drug-likeness (QED) is 0.599. The highest BCUT2D eigenvalue weighted by Gasteiger charge is 2.52. The summed E-state index contributed by atoms with van der Waals surface area (Å²) in [5.74, 6) is 2.16. The minimum Gasteiger partial charge on any atom is -0.299 e. The molecule has 0 aromatic rings. The maximum atomic E-state index is 12.3. The van der Waals surface area contributed by atoms with E-state index in [1.807, 2.05) is 0 Å². The second-order valence-electron chi connectivity index (χ2n) is 5.86. The fourth-order valence-corrected chi connectivity index (χ4v) is 3.56. The maximum Gasteiger partial charge on any atom is 0.139 e. The van der Waals surface area contributed by atoms with Crippen LogP contribution < -0.4 is 0 Å². The highest BCUT2D eigenvalue weighted by atomic mass is 16.1. The fraction of sp³-hybridized carbons (Fsp3) is 0.786. The van der Waals surface area contributed by atoms with Crippen molar-refractivity contribution in [3.05, 3.63) is 12.2 Å². The van der Waals surface area contributed by atoms with Crippen LogP contribution in [0, 0.1) is 23.2 Å². The van der Waals surface area contributed by atoms with Gasteiger partial charge < -0.3 is 0 Å². The van der Waals surface area contributed by atoms with Gasteiger partial charge in [-0.25, -0.2) is 0 Å². The average Bonchev–Trinajstić information content (AvgIpc) is 2.46. The Bertz CT molecular complexity index is 304. The van der Waals surface area contributed by atoms with Gasteiger partial charge in [-0.3, -0.25) is 4.79 Å². The zero-order chi connectivity index (χ0) is 11.2. The minimum atomic E-state index is -0.00799. The molecule has 0 heterocycles. The Morgan fingerprint density at radius 3 is 2.73 bits per heavy atom. The molecule has 0 N–H and O–H groups in total. The molecule has 0 bridgehead atoms. The first-order chi connectivity index (χ1) is 6.96. The molecule has 0 aromatic heterocycles. The van der Waals surface area contributed by atoms with Crippen molar-refractivity contribution < 1.29 is 4.79 Å². The first kappa shape index (κ1) is 10.9. The van der Waals surface area contributed by atoms with Crippen molar-refractivity contribution in [1.29, 1.82) is 0 Å². The van der Waals surface area contributed by atoms with Crippen LogP contribution in [0.3, 0.4) is 0 Å². The van der Waals surface area contributed by atoms with E-state index in [9.17, 15) is 4.79 Å². The number of rotatable bonds is 1. The molecule has 0 aliphatic heterocycles. The van der Waals surface area contributed by atoms with E-state index < -0.39 is 0 Å². The lowest BCUT2D eigenvalue weighted by Gasteiger charge is -2.41. The summed E-state index contributed by atoms with van der Waals surface area (Å²) in [6.07, 6.45) is 4.41. The molecule has 0 saturated heterocycles. The van der Waals surface area contributed by atoms with Gasteiger partial charge in [-0.05, 0) is 43.9 Å². The smallest absolute Gasteiger partial charge is 0.139 e. The van der Waals surface area contributed by atoms with Crippen LogP contribution in [-0.2, 0) is 4.79 Å². The van der Waals surface area contributed by atoms with Gasteiger partial charge >= 0.3 is 0 Å². The van der Waals surface area contributed by atoms with Gasteiger partial charge in [-0.2, -0.15) is 0 Å². The van der Waals surface area contributed by atoms with Crippen molar-refractivity contribution in [2.24, 2.45) is 23.2 Å². The lowest BCUT2D eigenvalue weighted by atomic mass is 9.61. The van der Waals surface area contributed by atoms with Gasteiger partial charge in [0.05, 0.1) is 0 Å². The summed E-state index contributed by atoms with van der Waals surface area (Å²) in [5, 5.41) is 0. The topological polar surface area (TPSA) is 17.1 Å². The number of carbonyl (C=O) groups is 1. The summed E-state index contributed by atoms with van der Waals surface area (Å²) in [7, 11) is 0. The van der Waals surface area contributed by atoms with Crippen molar-refractivity contribution in [2.45, 2.75) is 46.5 Å². The summed E-state index contributed by atoms with van der Waals surface area (Å²) in [6, 6.07) is 0. The second kappa shape index (κ2) is 3.47. The van der Waals surface area contributed by atoms with Gasteiger partial charge in [0.2, 0.25) is 0 Å². The van der Waals surface area contributed by atoms with Crippen LogP contribution in [0.1, 0.15) is 46.5 Å². The van der Waals surface area contributed by atoms with E-state index in [1.165, 1.54) is 24.8 Å². The molecule has 2 aliphatic rings. The van der Waals surface area contributed by atoms with Crippen molar-refractivity contribution >= 4 is 5.78 Å². The second-order valence-corrected chi connectivity index (χ2v) is 5.86. The van der Waals surface area contributed by atoms with Gasteiger partial charge in [-0.1, -0.05) is 26.0 Å². The summed E-state index contributed by atoms with van der Waals surface area (Å²) in [6.45, 7) is 10.5. The van der Waals surface area contributed by atoms with Crippen LogP contribution in [0.2, 0.25) is 0 Å². The molecule has 0 spiro atoms. The SMILES string of the molecule is C=C(C)[C@H]1CC(=O)[C@]2(C)C(C)CCC2C1. The third-order valence-electron chi connectivity index (χ3n) is 5.12. The Morgan fingerprint density at radius 2 is 2.13 bits per heavy atom. The van der Waals surface area contributed by atoms with Crippen LogP contribution in [0.4, 0.5) is 0 Å². The molecule has 2 unspecified atom stereocenters. The first-order valence-corrected chi connectivity index (χ1v) is 6.15. The molecular formula is C14H22O. The lowest BCUT2D eigenvalue weighted by Crippen LogP contribution is -2.42.